The molecule has 10 heteroatoms. The van der Waals surface area contributed by atoms with E-state index in [0.29, 0.717) is 29.5 Å². The van der Waals surface area contributed by atoms with E-state index in [-0.39, 0.29) is 29.0 Å². The van der Waals surface area contributed by atoms with E-state index in [1.54, 1.807) is 30.3 Å². The van der Waals surface area contributed by atoms with Gasteiger partial charge >= 0.3 is 0 Å². The van der Waals surface area contributed by atoms with Crippen LogP contribution in [0.25, 0.3) is 0 Å². The van der Waals surface area contributed by atoms with Crippen molar-refractivity contribution in [3.8, 4) is 0 Å². The molecule has 2 aliphatic heterocycles. The number of anilines is 2. The summed E-state index contributed by atoms with van der Waals surface area (Å²) in [5, 5.41) is 3.29. The number of nitrogens with zero attached hydrogens (tertiary/aromatic N) is 2. The van der Waals surface area contributed by atoms with Crippen LogP contribution in [0.1, 0.15) is 24.8 Å². The Kier molecular flexibility index (Phi) is 6.80. The fourth-order valence-electron chi connectivity index (χ4n) is 3.78. The lowest BCUT2D eigenvalue weighted by atomic mass is 10.2. The second-order valence-corrected chi connectivity index (χ2v) is 11.2. The standard InChI is InChI=1S/C22H24ClN3O4S2/c1-15-5-6-16(11-18(15)23)24-21(27)13-26-19-12-17(7-8-20(19)31-14-22(26)28)32(29,30)25-9-3-2-4-10-25/h5-8,11-12H,2-4,9-10,13-14H2,1H3,(H,24,27). The smallest absolute Gasteiger partial charge is 0.244 e. The number of sulfonamides is 1. The van der Waals surface area contributed by atoms with E-state index in [4.69, 9.17) is 11.6 Å². The van der Waals surface area contributed by atoms with E-state index < -0.39 is 10.0 Å². The minimum atomic E-state index is -3.65. The third kappa shape index (κ3) is 4.80. The second kappa shape index (κ2) is 9.43. The molecule has 1 saturated heterocycles. The highest BCUT2D eigenvalue weighted by Gasteiger charge is 2.31. The minimum Gasteiger partial charge on any atom is -0.324 e. The van der Waals surface area contributed by atoms with Crippen molar-refractivity contribution in [3.05, 3.63) is 47.0 Å². The van der Waals surface area contributed by atoms with Crippen molar-refractivity contribution in [1.82, 2.24) is 4.31 Å². The molecule has 32 heavy (non-hydrogen) atoms. The number of piperidine rings is 1. The highest BCUT2D eigenvalue weighted by Crippen LogP contribution is 2.37. The number of halogens is 1. The summed E-state index contributed by atoms with van der Waals surface area (Å²) in [4.78, 5) is 27.6. The molecule has 2 aromatic carbocycles. The fourth-order valence-corrected chi connectivity index (χ4v) is 6.42. The molecule has 0 aromatic heterocycles. The van der Waals surface area contributed by atoms with E-state index in [9.17, 15) is 18.0 Å². The van der Waals surface area contributed by atoms with E-state index in [1.165, 1.54) is 27.0 Å². The first-order chi connectivity index (χ1) is 15.3. The maximum Gasteiger partial charge on any atom is 0.244 e. The van der Waals surface area contributed by atoms with Gasteiger partial charge in [-0.2, -0.15) is 4.31 Å². The van der Waals surface area contributed by atoms with Crippen LogP contribution in [0.4, 0.5) is 11.4 Å². The average Bonchev–Trinajstić information content (AvgIpc) is 2.78. The van der Waals surface area contributed by atoms with Crippen LogP contribution in [0.3, 0.4) is 0 Å². The lowest BCUT2D eigenvalue weighted by Crippen LogP contribution is -2.41. The molecule has 2 aromatic rings. The lowest BCUT2D eigenvalue weighted by molar-refractivity contribution is -0.120. The van der Waals surface area contributed by atoms with Gasteiger partial charge in [-0.15, -0.1) is 11.8 Å². The fraction of sp³-hybridized carbons (Fsp3) is 0.364. The highest BCUT2D eigenvalue weighted by molar-refractivity contribution is 8.00. The quantitative estimate of drug-likeness (QED) is 0.682. The van der Waals surface area contributed by atoms with Gasteiger partial charge in [0.2, 0.25) is 21.8 Å². The van der Waals surface area contributed by atoms with Crippen LogP contribution in [0.15, 0.2) is 46.2 Å². The Morgan fingerprint density at radius 1 is 1.12 bits per heavy atom. The molecule has 0 aliphatic carbocycles. The summed E-state index contributed by atoms with van der Waals surface area (Å²) in [6, 6.07) is 10.0. The van der Waals surface area contributed by atoms with E-state index in [0.717, 1.165) is 29.7 Å². The molecule has 0 unspecified atom stereocenters. The van der Waals surface area contributed by atoms with Crippen LogP contribution in [0.5, 0.6) is 0 Å². The minimum absolute atomic E-state index is 0.143. The summed E-state index contributed by atoms with van der Waals surface area (Å²) in [7, 11) is -3.65. The maximum atomic E-state index is 13.1. The Hall–Kier alpha value is -2.07. The first-order valence-electron chi connectivity index (χ1n) is 10.4. The highest BCUT2D eigenvalue weighted by atomic mass is 35.5. The number of benzene rings is 2. The van der Waals surface area contributed by atoms with Gasteiger partial charge < -0.3 is 10.2 Å². The molecule has 0 atom stereocenters. The zero-order chi connectivity index (χ0) is 22.9. The molecule has 2 aliphatic rings. The van der Waals surface area contributed by atoms with Gasteiger partial charge in [0.15, 0.2) is 0 Å². The molecule has 170 valence electrons. The zero-order valence-corrected chi connectivity index (χ0v) is 20.0. The number of rotatable bonds is 5. The number of aryl methyl sites for hydroxylation is 1. The van der Waals surface area contributed by atoms with Gasteiger partial charge in [-0.1, -0.05) is 24.1 Å². The maximum absolute atomic E-state index is 13.1. The molecule has 1 fully saturated rings. The molecule has 7 nitrogen and oxygen atoms in total. The Morgan fingerprint density at radius 2 is 1.88 bits per heavy atom. The third-order valence-corrected chi connectivity index (χ3v) is 8.93. The number of carbonyl (C=O) groups is 2. The van der Waals surface area contributed by atoms with Crippen LogP contribution >= 0.6 is 23.4 Å². The lowest BCUT2D eigenvalue weighted by Gasteiger charge is -2.30. The van der Waals surface area contributed by atoms with Crippen LogP contribution in [-0.4, -0.2) is 49.9 Å². The summed E-state index contributed by atoms with van der Waals surface area (Å²) in [5.41, 5.74) is 1.87. The first-order valence-corrected chi connectivity index (χ1v) is 13.2. The van der Waals surface area contributed by atoms with Crippen LogP contribution in [-0.2, 0) is 19.6 Å². The number of thioether (sulfide) groups is 1. The van der Waals surface area contributed by atoms with Crippen molar-refractivity contribution in [3.63, 3.8) is 0 Å². The van der Waals surface area contributed by atoms with Crippen LogP contribution < -0.4 is 10.2 Å². The van der Waals surface area contributed by atoms with Gasteiger partial charge in [0.05, 0.1) is 16.3 Å². The monoisotopic (exact) mass is 493 g/mol. The Labute approximate surface area is 197 Å². The summed E-state index contributed by atoms with van der Waals surface area (Å²) >= 11 is 7.47. The summed E-state index contributed by atoms with van der Waals surface area (Å²) in [5.74, 6) is -0.443. The van der Waals surface area contributed by atoms with Crippen molar-refractivity contribution in [2.45, 2.75) is 36.0 Å². The molecule has 1 N–H and O–H groups in total. The number of nitrogens with one attached hydrogen (secondary N) is 1. The number of fused-ring (bicyclic) bond motifs is 1. The van der Waals surface area contributed by atoms with Crippen molar-refractivity contribution in [2.75, 3.05) is 35.6 Å². The Bertz CT molecular complexity index is 1160. The molecular formula is C22H24ClN3O4S2. The molecule has 4 rings (SSSR count). The van der Waals surface area contributed by atoms with E-state index in [1.807, 2.05) is 6.92 Å². The van der Waals surface area contributed by atoms with Gasteiger partial charge in [-0.05, 0) is 55.7 Å². The predicted molar refractivity (Wildman–Crippen MR) is 127 cm³/mol. The predicted octanol–water partition coefficient (Wildman–Crippen LogP) is 3.90. The molecular weight excluding hydrogens is 470 g/mol. The van der Waals surface area contributed by atoms with Crippen LogP contribution in [0.2, 0.25) is 5.02 Å². The SMILES string of the molecule is Cc1ccc(NC(=O)CN2C(=O)CSc3ccc(S(=O)(=O)N4CCCCC4)cc32)cc1Cl. The van der Waals surface area contributed by atoms with Gasteiger partial charge in [-0.3, -0.25) is 9.59 Å². The summed E-state index contributed by atoms with van der Waals surface area (Å²) < 4.78 is 27.7. The third-order valence-electron chi connectivity index (χ3n) is 5.58. The number of hydrogen-bond acceptors (Lipinski definition) is 5. The summed E-state index contributed by atoms with van der Waals surface area (Å²) in [6.07, 6.45) is 2.71. The zero-order valence-electron chi connectivity index (χ0n) is 17.6. The Balaban J connectivity index is 1.58. The van der Waals surface area contributed by atoms with Gasteiger partial charge in [0, 0.05) is 28.7 Å². The first kappa shape index (κ1) is 23.1. The molecule has 0 radical (unpaired) electrons. The molecule has 0 spiro atoms. The van der Waals surface area contributed by atoms with Gasteiger partial charge in [-0.25, -0.2) is 8.42 Å². The number of hydrogen-bond donors (Lipinski definition) is 1. The van der Waals surface area contributed by atoms with Crippen molar-refractivity contribution >= 4 is 56.6 Å². The normalized spacial score (nSPS) is 17.2. The van der Waals surface area contributed by atoms with E-state index >= 15 is 0 Å². The van der Waals surface area contributed by atoms with Crippen LogP contribution in [0, 0.1) is 6.92 Å². The van der Waals surface area contributed by atoms with Crippen molar-refractivity contribution < 1.29 is 18.0 Å². The van der Waals surface area contributed by atoms with E-state index in [2.05, 4.69) is 5.32 Å². The van der Waals surface area contributed by atoms with Crippen molar-refractivity contribution in [1.29, 1.82) is 0 Å². The number of amides is 2. The molecule has 2 heterocycles. The molecule has 0 saturated carbocycles. The van der Waals surface area contributed by atoms with Crippen molar-refractivity contribution in [2.24, 2.45) is 0 Å². The Morgan fingerprint density at radius 3 is 2.59 bits per heavy atom. The summed E-state index contributed by atoms with van der Waals surface area (Å²) in [6.45, 7) is 2.65. The molecule has 2 amide bonds. The van der Waals surface area contributed by atoms with Gasteiger partial charge in [0.25, 0.3) is 0 Å². The number of carbonyl (C=O) groups excluding carboxylic acids is 2. The largest absolute Gasteiger partial charge is 0.324 e. The topological polar surface area (TPSA) is 86.8 Å². The second-order valence-electron chi connectivity index (χ2n) is 7.87. The average molecular weight is 494 g/mol. The molecule has 0 bridgehead atoms. The van der Waals surface area contributed by atoms with Gasteiger partial charge in [0.1, 0.15) is 6.54 Å².